The fourth-order valence-corrected chi connectivity index (χ4v) is 5.71. The summed E-state index contributed by atoms with van der Waals surface area (Å²) in [4.78, 5) is 56.1. The van der Waals surface area contributed by atoms with Gasteiger partial charge in [0.2, 0.25) is 6.33 Å². The van der Waals surface area contributed by atoms with Crippen LogP contribution in [0.3, 0.4) is 0 Å². The third kappa shape index (κ3) is 3.95. The van der Waals surface area contributed by atoms with Crippen molar-refractivity contribution in [1.82, 2.24) is 29.9 Å². The van der Waals surface area contributed by atoms with E-state index in [0.29, 0.717) is 17.1 Å². The molecular weight excluding hydrogens is 498 g/mol. The van der Waals surface area contributed by atoms with Gasteiger partial charge < -0.3 is 25.8 Å². The van der Waals surface area contributed by atoms with Crippen LogP contribution in [0.5, 0.6) is 0 Å². The number of β-lactam (4-membered cyclic amide) rings is 1. The summed E-state index contributed by atoms with van der Waals surface area (Å²) in [7, 11) is 1.27. The van der Waals surface area contributed by atoms with Gasteiger partial charge in [-0.25, -0.2) is 4.98 Å². The molecule has 5 rings (SSSR count). The minimum Gasteiger partial charge on any atom is -0.543 e. The molecule has 180 valence electrons. The van der Waals surface area contributed by atoms with E-state index >= 15 is 0 Å². The number of thiazole rings is 1. The van der Waals surface area contributed by atoms with Gasteiger partial charge in [0.15, 0.2) is 10.8 Å². The number of rotatable bonds is 7. The van der Waals surface area contributed by atoms with Gasteiger partial charge in [0.25, 0.3) is 11.8 Å². The molecule has 14 nitrogen and oxygen atoms in total. The van der Waals surface area contributed by atoms with Gasteiger partial charge in [-0.05, 0) is 5.57 Å². The number of nitrogens with zero attached hydrogens (tertiary/aromatic N) is 7. The van der Waals surface area contributed by atoms with Gasteiger partial charge in [-0.3, -0.25) is 14.5 Å². The molecule has 1 fully saturated rings. The topological polar surface area (TPSA) is 185 Å². The Bertz CT molecular complexity index is 1410. The van der Waals surface area contributed by atoms with Gasteiger partial charge in [0, 0.05) is 17.2 Å². The summed E-state index contributed by atoms with van der Waals surface area (Å²) in [5.74, 6) is -2.01. The van der Waals surface area contributed by atoms with Crippen LogP contribution in [0.15, 0.2) is 46.6 Å². The lowest BCUT2D eigenvalue weighted by atomic mass is 10.0. The maximum atomic E-state index is 13.0. The summed E-state index contributed by atoms with van der Waals surface area (Å²) < 4.78 is 3.34. The Morgan fingerprint density at radius 2 is 2.26 bits per heavy atom. The second-order valence-electron chi connectivity index (χ2n) is 7.40. The van der Waals surface area contributed by atoms with E-state index < -0.39 is 29.2 Å². The van der Waals surface area contributed by atoms with E-state index in [2.05, 4.69) is 25.4 Å². The van der Waals surface area contributed by atoms with E-state index in [1.165, 1.54) is 30.6 Å². The van der Waals surface area contributed by atoms with Crippen LogP contribution < -0.4 is 20.7 Å². The SMILES string of the molecule is CO/N=C(\C(=O)N[C@@H]1C(=O)N2C(C(=O)[O-])=C(Cn3cnc4nccc[n+]43)CS[C@H]12)c1csc(N)n1. The van der Waals surface area contributed by atoms with Crippen molar-refractivity contribution in [2.45, 2.75) is 18.0 Å². The van der Waals surface area contributed by atoms with Crippen LogP contribution in [0, 0.1) is 0 Å². The van der Waals surface area contributed by atoms with Crippen molar-refractivity contribution in [2.75, 3.05) is 18.6 Å². The van der Waals surface area contributed by atoms with Crippen molar-refractivity contribution in [3.8, 4) is 0 Å². The molecule has 0 unspecified atom stereocenters. The Labute approximate surface area is 205 Å². The van der Waals surface area contributed by atoms with Crippen LogP contribution in [0.2, 0.25) is 0 Å². The number of anilines is 1. The molecule has 0 saturated carbocycles. The maximum absolute atomic E-state index is 13.0. The largest absolute Gasteiger partial charge is 0.543 e. The van der Waals surface area contributed by atoms with Crippen LogP contribution >= 0.6 is 23.1 Å². The molecule has 0 aromatic carbocycles. The first-order valence-corrected chi connectivity index (χ1v) is 12.0. The number of fused-ring (bicyclic) bond motifs is 2. The highest BCUT2D eigenvalue weighted by Gasteiger charge is 2.53. The first kappa shape index (κ1) is 22.7. The third-order valence-electron chi connectivity index (χ3n) is 5.33. The number of aromatic nitrogens is 5. The number of nitrogen functional groups attached to an aromatic ring is 1. The standard InChI is InChI=1S/C19H17N9O5S2/c1-33-25-11(10-7-35-18(20)23-10)14(29)24-12-15(30)28-13(17(31)32)9(6-34-16(12)28)5-26-8-22-19-21-3-2-4-27(19)26/h2-4,7-8,12,16H,5-6H2,1H3,(H3-,20,23,24,29,31,32)/b25-11-/t12-,16-/m1/s1. The Morgan fingerprint density at radius 3 is 2.97 bits per heavy atom. The number of carbonyl (C=O) groups is 3. The first-order chi connectivity index (χ1) is 16.9. The fraction of sp³-hybridized carbons (Fsp3) is 0.263. The van der Waals surface area contributed by atoms with Crippen molar-refractivity contribution in [3.63, 3.8) is 0 Å². The molecule has 35 heavy (non-hydrogen) atoms. The van der Waals surface area contributed by atoms with Crippen LogP contribution in [0.25, 0.3) is 5.78 Å². The highest BCUT2D eigenvalue weighted by atomic mass is 32.2. The van der Waals surface area contributed by atoms with E-state index in [0.717, 1.165) is 16.2 Å². The minimum absolute atomic E-state index is 0.151. The molecule has 3 N–H and O–H groups in total. The Kier molecular flexibility index (Phi) is 5.81. The molecule has 0 aliphatic carbocycles. The second kappa shape index (κ2) is 8.95. The molecule has 2 amide bonds. The molecule has 0 spiro atoms. The first-order valence-electron chi connectivity index (χ1n) is 10.1. The van der Waals surface area contributed by atoms with Gasteiger partial charge in [-0.2, -0.15) is 4.68 Å². The summed E-state index contributed by atoms with van der Waals surface area (Å²) in [6.45, 7) is 0.159. The fourth-order valence-electron chi connectivity index (χ4n) is 3.83. The highest BCUT2D eigenvalue weighted by Crippen LogP contribution is 2.40. The van der Waals surface area contributed by atoms with Crippen molar-refractivity contribution >= 4 is 57.5 Å². The maximum Gasteiger partial charge on any atom is 0.456 e. The number of hydrogen-bond donors (Lipinski definition) is 2. The van der Waals surface area contributed by atoms with Crippen LogP contribution in [-0.4, -0.2) is 72.3 Å². The number of thioether (sulfide) groups is 1. The lowest BCUT2D eigenvalue weighted by molar-refractivity contribution is -0.612. The number of carboxylic acids is 1. The number of carboxylic acid groups (broad SMARTS) is 1. The predicted molar refractivity (Wildman–Crippen MR) is 120 cm³/mol. The molecule has 5 heterocycles. The van der Waals surface area contributed by atoms with Gasteiger partial charge in [-0.1, -0.05) is 15.1 Å². The molecule has 2 atom stereocenters. The number of amides is 2. The normalized spacial score (nSPS) is 20.0. The quantitative estimate of drug-likeness (QED) is 0.148. The zero-order valence-electron chi connectivity index (χ0n) is 18.0. The lowest BCUT2D eigenvalue weighted by Crippen LogP contribution is -2.71. The summed E-state index contributed by atoms with van der Waals surface area (Å²) >= 11 is 2.45. The molecule has 2 aliphatic heterocycles. The Balaban J connectivity index is 1.37. The van der Waals surface area contributed by atoms with Gasteiger partial charge in [0.05, 0.1) is 24.4 Å². The molecular formula is C19H17N9O5S2. The molecule has 1 saturated heterocycles. The Morgan fingerprint density at radius 1 is 1.43 bits per heavy atom. The number of carbonyl (C=O) groups excluding carboxylic acids is 3. The van der Waals surface area contributed by atoms with Crippen molar-refractivity contribution in [1.29, 1.82) is 0 Å². The Hall–Kier alpha value is -4.05. The number of hydrogen-bond acceptors (Lipinski definition) is 12. The van der Waals surface area contributed by atoms with E-state index in [4.69, 9.17) is 10.6 Å². The van der Waals surface area contributed by atoms with Crippen molar-refractivity contribution in [2.24, 2.45) is 5.16 Å². The molecule has 2 aliphatic rings. The highest BCUT2D eigenvalue weighted by molar-refractivity contribution is 8.00. The van der Waals surface area contributed by atoms with E-state index in [1.807, 2.05) is 0 Å². The van der Waals surface area contributed by atoms with Gasteiger partial charge in [0.1, 0.15) is 30.4 Å². The average Bonchev–Trinajstić information content (AvgIpc) is 3.46. The molecule has 16 heteroatoms. The lowest BCUT2D eigenvalue weighted by Gasteiger charge is -2.50. The summed E-state index contributed by atoms with van der Waals surface area (Å²) in [5.41, 5.74) is 5.94. The van der Waals surface area contributed by atoms with Gasteiger partial charge in [-0.15, -0.1) is 27.6 Å². The van der Waals surface area contributed by atoms with Crippen LogP contribution in [-0.2, 0) is 25.8 Å². The summed E-state index contributed by atoms with van der Waals surface area (Å²) in [5, 5.41) is 19.5. The number of nitrogens with one attached hydrogen (secondary N) is 1. The molecule has 0 radical (unpaired) electrons. The third-order valence-corrected chi connectivity index (χ3v) is 7.35. The van der Waals surface area contributed by atoms with Crippen LogP contribution in [0.4, 0.5) is 5.13 Å². The summed E-state index contributed by atoms with van der Waals surface area (Å²) in [6, 6.07) is 0.757. The summed E-state index contributed by atoms with van der Waals surface area (Å²) in [6.07, 6.45) is 4.86. The van der Waals surface area contributed by atoms with E-state index in [-0.39, 0.29) is 28.8 Å². The van der Waals surface area contributed by atoms with Crippen LogP contribution in [0.1, 0.15) is 5.69 Å². The predicted octanol–water partition coefficient (Wildman–Crippen LogP) is -2.49. The van der Waals surface area contributed by atoms with Crippen molar-refractivity contribution < 1.29 is 28.8 Å². The smallest absolute Gasteiger partial charge is 0.456 e. The zero-order chi connectivity index (χ0) is 24.7. The number of nitrogens with two attached hydrogens (primary N) is 1. The van der Waals surface area contributed by atoms with E-state index in [9.17, 15) is 19.5 Å². The minimum atomic E-state index is -1.48. The number of oxime groups is 1. The zero-order valence-corrected chi connectivity index (χ0v) is 19.7. The second-order valence-corrected chi connectivity index (χ2v) is 9.40. The number of aliphatic carboxylic acids is 1. The monoisotopic (exact) mass is 515 g/mol. The molecule has 3 aromatic rings. The van der Waals surface area contributed by atoms with E-state index in [1.54, 1.807) is 27.7 Å². The van der Waals surface area contributed by atoms with Gasteiger partial charge >= 0.3 is 5.78 Å². The molecule has 0 bridgehead atoms. The van der Waals surface area contributed by atoms with Crippen molar-refractivity contribution in [3.05, 3.63) is 47.1 Å². The molecule has 3 aromatic heterocycles. The average molecular weight is 516 g/mol.